The first kappa shape index (κ1) is 13.2. The Morgan fingerprint density at radius 1 is 1.61 bits per heavy atom. The highest BCUT2D eigenvalue weighted by Crippen LogP contribution is 2.15. The molecule has 18 heavy (non-hydrogen) atoms. The second-order valence-electron chi connectivity index (χ2n) is 3.88. The van der Waals surface area contributed by atoms with Crippen LogP contribution in [0.4, 0.5) is 0 Å². The standard InChI is InChI=1S/C12H16N2O3S/c1-14-5-4-13-12(14)18-9-10(15)7-16-8-11-3-2-6-17-11/h2-6,10,15H,7-9H2,1H3. The van der Waals surface area contributed by atoms with Crippen molar-refractivity contribution in [3.8, 4) is 0 Å². The van der Waals surface area contributed by atoms with E-state index in [1.807, 2.05) is 29.9 Å². The molecule has 0 radical (unpaired) electrons. The number of aromatic nitrogens is 2. The van der Waals surface area contributed by atoms with Gasteiger partial charge in [0.1, 0.15) is 12.4 Å². The van der Waals surface area contributed by atoms with E-state index >= 15 is 0 Å². The minimum absolute atomic E-state index is 0.290. The minimum Gasteiger partial charge on any atom is -0.467 e. The lowest BCUT2D eigenvalue weighted by atomic mass is 10.4. The predicted molar refractivity (Wildman–Crippen MR) is 68.3 cm³/mol. The van der Waals surface area contributed by atoms with Crippen LogP contribution in [0.1, 0.15) is 5.76 Å². The van der Waals surface area contributed by atoms with Gasteiger partial charge in [-0.15, -0.1) is 0 Å². The molecule has 1 N–H and O–H groups in total. The van der Waals surface area contributed by atoms with E-state index in [1.165, 1.54) is 11.8 Å². The fourth-order valence-electron chi connectivity index (χ4n) is 1.40. The fourth-order valence-corrected chi connectivity index (χ4v) is 2.24. The zero-order valence-electron chi connectivity index (χ0n) is 10.2. The molecule has 2 rings (SSSR count). The van der Waals surface area contributed by atoms with Crippen LogP contribution in [0.5, 0.6) is 0 Å². The summed E-state index contributed by atoms with van der Waals surface area (Å²) in [4.78, 5) is 4.17. The van der Waals surface area contributed by atoms with Gasteiger partial charge in [0.05, 0.1) is 19.0 Å². The Balaban J connectivity index is 1.63. The molecule has 2 heterocycles. The van der Waals surface area contributed by atoms with Crippen LogP contribution < -0.4 is 0 Å². The van der Waals surface area contributed by atoms with Crippen LogP contribution >= 0.6 is 11.8 Å². The lowest BCUT2D eigenvalue weighted by Crippen LogP contribution is -2.18. The van der Waals surface area contributed by atoms with Gasteiger partial charge in [-0.05, 0) is 12.1 Å². The summed E-state index contributed by atoms with van der Waals surface area (Å²) in [5.41, 5.74) is 0. The fraction of sp³-hybridized carbons (Fsp3) is 0.417. The van der Waals surface area contributed by atoms with Crippen LogP contribution in [0.15, 0.2) is 40.4 Å². The number of aryl methyl sites for hydroxylation is 1. The lowest BCUT2D eigenvalue weighted by Gasteiger charge is -2.10. The van der Waals surface area contributed by atoms with Crippen molar-refractivity contribution in [2.75, 3.05) is 12.4 Å². The number of hydrogen-bond acceptors (Lipinski definition) is 5. The Bertz CT molecular complexity index is 456. The molecule has 1 atom stereocenters. The maximum absolute atomic E-state index is 9.75. The van der Waals surface area contributed by atoms with Gasteiger partial charge in [0.15, 0.2) is 5.16 Å². The zero-order valence-corrected chi connectivity index (χ0v) is 11.0. The van der Waals surface area contributed by atoms with E-state index in [1.54, 1.807) is 12.5 Å². The normalized spacial score (nSPS) is 12.8. The van der Waals surface area contributed by atoms with Gasteiger partial charge in [-0.2, -0.15) is 0 Å². The molecule has 5 nitrogen and oxygen atoms in total. The summed E-state index contributed by atoms with van der Waals surface area (Å²) in [6.45, 7) is 0.676. The minimum atomic E-state index is -0.512. The second kappa shape index (κ2) is 6.63. The molecule has 0 aliphatic heterocycles. The number of aliphatic hydroxyl groups is 1. The molecule has 6 heteroatoms. The summed E-state index contributed by atoms with van der Waals surface area (Å²) in [5, 5.41) is 10.6. The summed E-state index contributed by atoms with van der Waals surface area (Å²) in [7, 11) is 1.93. The van der Waals surface area contributed by atoms with Gasteiger partial charge >= 0.3 is 0 Å². The van der Waals surface area contributed by atoms with E-state index in [4.69, 9.17) is 9.15 Å². The first-order chi connectivity index (χ1) is 8.75. The maximum Gasteiger partial charge on any atom is 0.167 e. The molecule has 0 spiro atoms. The summed E-state index contributed by atoms with van der Waals surface area (Å²) in [6.07, 6.45) is 4.71. The van der Waals surface area contributed by atoms with Gasteiger partial charge in [0.2, 0.25) is 0 Å². The van der Waals surface area contributed by atoms with E-state index in [2.05, 4.69) is 4.98 Å². The first-order valence-electron chi connectivity index (χ1n) is 5.64. The number of nitrogens with zero attached hydrogens (tertiary/aromatic N) is 2. The van der Waals surface area contributed by atoms with Crippen LogP contribution in [-0.2, 0) is 18.4 Å². The average Bonchev–Trinajstić information content (AvgIpc) is 2.98. The molecular formula is C12H16N2O3S. The summed E-state index contributed by atoms with van der Waals surface area (Å²) < 4.78 is 12.4. The van der Waals surface area contributed by atoms with Crippen molar-refractivity contribution in [2.24, 2.45) is 7.05 Å². The molecule has 0 aromatic carbocycles. The third kappa shape index (κ3) is 3.90. The highest BCUT2D eigenvalue weighted by atomic mass is 32.2. The van der Waals surface area contributed by atoms with Crippen molar-refractivity contribution in [1.29, 1.82) is 0 Å². The lowest BCUT2D eigenvalue weighted by molar-refractivity contribution is 0.0328. The molecule has 0 saturated carbocycles. The van der Waals surface area contributed by atoms with Crippen molar-refractivity contribution in [3.05, 3.63) is 36.5 Å². The molecule has 1 unspecified atom stereocenters. The Labute approximate surface area is 110 Å². The monoisotopic (exact) mass is 268 g/mol. The van der Waals surface area contributed by atoms with Crippen molar-refractivity contribution in [1.82, 2.24) is 9.55 Å². The molecule has 0 saturated heterocycles. The van der Waals surface area contributed by atoms with E-state index < -0.39 is 6.10 Å². The van der Waals surface area contributed by atoms with Gasteiger partial charge in [-0.25, -0.2) is 4.98 Å². The predicted octanol–water partition coefficient (Wildman–Crippen LogP) is 1.68. The average molecular weight is 268 g/mol. The third-order valence-electron chi connectivity index (χ3n) is 2.32. The Kier molecular flexibility index (Phi) is 4.86. The van der Waals surface area contributed by atoms with Gasteiger partial charge in [-0.3, -0.25) is 0 Å². The van der Waals surface area contributed by atoms with Crippen LogP contribution in [0.25, 0.3) is 0 Å². The van der Waals surface area contributed by atoms with Gasteiger partial charge in [-0.1, -0.05) is 11.8 Å². The van der Waals surface area contributed by atoms with E-state index in [0.717, 1.165) is 10.9 Å². The largest absolute Gasteiger partial charge is 0.467 e. The van der Waals surface area contributed by atoms with E-state index in [-0.39, 0.29) is 6.61 Å². The summed E-state index contributed by atoms with van der Waals surface area (Å²) in [6, 6.07) is 3.65. The number of aliphatic hydroxyl groups excluding tert-OH is 1. The quantitative estimate of drug-likeness (QED) is 0.774. The SMILES string of the molecule is Cn1ccnc1SCC(O)COCc1ccco1. The van der Waals surface area contributed by atoms with Crippen molar-refractivity contribution in [3.63, 3.8) is 0 Å². The number of thioether (sulfide) groups is 1. The Morgan fingerprint density at radius 2 is 2.50 bits per heavy atom. The van der Waals surface area contributed by atoms with Crippen LogP contribution in [0.2, 0.25) is 0 Å². The highest BCUT2D eigenvalue weighted by molar-refractivity contribution is 7.99. The summed E-state index contributed by atoms with van der Waals surface area (Å²) >= 11 is 1.51. The summed E-state index contributed by atoms with van der Waals surface area (Å²) in [5.74, 6) is 1.32. The number of imidazole rings is 1. The van der Waals surface area contributed by atoms with Gasteiger partial charge in [0, 0.05) is 25.2 Å². The number of ether oxygens (including phenoxy) is 1. The first-order valence-corrected chi connectivity index (χ1v) is 6.62. The highest BCUT2D eigenvalue weighted by Gasteiger charge is 2.08. The topological polar surface area (TPSA) is 60.4 Å². The molecule has 0 bridgehead atoms. The molecule has 0 aliphatic rings. The zero-order chi connectivity index (χ0) is 12.8. The van der Waals surface area contributed by atoms with Crippen molar-refractivity contribution >= 4 is 11.8 Å². The van der Waals surface area contributed by atoms with Crippen molar-refractivity contribution < 1.29 is 14.3 Å². The molecule has 98 valence electrons. The number of furan rings is 1. The van der Waals surface area contributed by atoms with Crippen LogP contribution in [-0.4, -0.2) is 33.1 Å². The van der Waals surface area contributed by atoms with Crippen LogP contribution in [0.3, 0.4) is 0 Å². The number of rotatable bonds is 7. The van der Waals surface area contributed by atoms with Gasteiger partial charge in [0.25, 0.3) is 0 Å². The maximum atomic E-state index is 9.75. The van der Waals surface area contributed by atoms with Gasteiger partial charge < -0.3 is 18.8 Å². The number of hydrogen-bond donors (Lipinski definition) is 1. The van der Waals surface area contributed by atoms with E-state index in [9.17, 15) is 5.11 Å². The molecule has 2 aromatic rings. The smallest absolute Gasteiger partial charge is 0.167 e. The Morgan fingerprint density at radius 3 is 3.17 bits per heavy atom. The second-order valence-corrected chi connectivity index (χ2v) is 4.87. The third-order valence-corrected chi connectivity index (χ3v) is 3.52. The molecular weight excluding hydrogens is 252 g/mol. The van der Waals surface area contributed by atoms with Crippen LogP contribution in [0, 0.1) is 0 Å². The molecule has 0 amide bonds. The Hall–Kier alpha value is -1.24. The molecule has 0 fully saturated rings. The molecule has 0 aliphatic carbocycles. The molecule has 2 aromatic heterocycles. The van der Waals surface area contributed by atoms with Crippen molar-refractivity contribution in [2.45, 2.75) is 17.9 Å². The van der Waals surface area contributed by atoms with E-state index in [0.29, 0.717) is 12.4 Å².